The molecule has 0 N–H and O–H groups in total. The van der Waals surface area contributed by atoms with Crippen molar-refractivity contribution in [3.05, 3.63) is 103 Å². The third kappa shape index (κ3) is 3.01. The van der Waals surface area contributed by atoms with Gasteiger partial charge in [0.2, 0.25) is 0 Å². The van der Waals surface area contributed by atoms with E-state index in [-0.39, 0.29) is 5.41 Å². The number of benzene rings is 4. The van der Waals surface area contributed by atoms with Crippen LogP contribution in [-0.2, 0) is 5.41 Å². The fourth-order valence-corrected chi connectivity index (χ4v) is 5.28. The molecule has 0 amide bonds. The molecule has 0 fully saturated rings. The third-order valence-corrected chi connectivity index (χ3v) is 6.92. The van der Waals surface area contributed by atoms with Gasteiger partial charge >= 0.3 is 0 Å². The predicted molar refractivity (Wildman–Crippen MR) is 148 cm³/mol. The number of imidazole rings is 1. The molecule has 4 nitrogen and oxygen atoms in total. The van der Waals surface area contributed by atoms with Crippen LogP contribution >= 0.6 is 0 Å². The zero-order chi connectivity index (χ0) is 24.4. The number of rotatable bonds is 2. The summed E-state index contributed by atoms with van der Waals surface area (Å²) in [5, 5.41) is 4.50. The standard InChI is InChI=1S/C32H25N3O/c1-32(2,3)30-27-26(18-19-33-30)34-31(35(27)21-11-5-4-6-12-21)25-15-9-14-23-24-17-16-20-10-7-8-13-22(20)28(24)36-29(23)25/h4-19H,1-3H3. The molecule has 0 radical (unpaired) electrons. The molecule has 4 aromatic carbocycles. The van der Waals surface area contributed by atoms with E-state index >= 15 is 0 Å². The Morgan fingerprint density at radius 3 is 2.28 bits per heavy atom. The Bertz CT molecular complexity index is 1920. The van der Waals surface area contributed by atoms with Crippen molar-refractivity contribution < 1.29 is 4.42 Å². The molecule has 0 saturated carbocycles. The molecule has 0 unspecified atom stereocenters. The van der Waals surface area contributed by atoms with Crippen molar-refractivity contribution in [3.63, 3.8) is 0 Å². The first-order valence-corrected chi connectivity index (χ1v) is 12.3. The van der Waals surface area contributed by atoms with Gasteiger partial charge < -0.3 is 4.42 Å². The van der Waals surface area contributed by atoms with Crippen molar-refractivity contribution in [1.82, 2.24) is 14.5 Å². The smallest absolute Gasteiger partial charge is 0.149 e. The van der Waals surface area contributed by atoms with Gasteiger partial charge in [-0.05, 0) is 35.7 Å². The fourth-order valence-electron chi connectivity index (χ4n) is 5.28. The van der Waals surface area contributed by atoms with Gasteiger partial charge in [0.25, 0.3) is 0 Å². The van der Waals surface area contributed by atoms with Crippen LogP contribution in [0.3, 0.4) is 0 Å². The lowest BCUT2D eigenvalue weighted by Gasteiger charge is -2.20. The Morgan fingerprint density at radius 1 is 0.694 bits per heavy atom. The monoisotopic (exact) mass is 467 g/mol. The van der Waals surface area contributed by atoms with Crippen LogP contribution in [0.25, 0.3) is 60.8 Å². The molecule has 174 valence electrons. The lowest BCUT2D eigenvalue weighted by Crippen LogP contribution is -2.15. The van der Waals surface area contributed by atoms with Crippen LogP contribution in [0.4, 0.5) is 0 Å². The van der Waals surface area contributed by atoms with Gasteiger partial charge in [-0.15, -0.1) is 0 Å². The molecular weight excluding hydrogens is 442 g/mol. The minimum Gasteiger partial charge on any atom is -0.455 e. The Balaban J connectivity index is 1.62. The number of nitrogens with zero attached hydrogens (tertiary/aromatic N) is 3. The van der Waals surface area contributed by atoms with Gasteiger partial charge in [-0.3, -0.25) is 9.55 Å². The van der Waals surface area contributed by atoms with Gasteiger partial charge in [-0.1, -0.05) is 81.4 Å². The number of aromatic nitrogens is 3. The number of hydrogen-bond acceptors (Lipinski definition) is 3. The third-order valence-electron chi connectivity index (χ3n) is 6.92. The maximum absolute atomic E-state index is 6.67. The molecule has 0 atom stereocenters. The Morgan fingerprint density at radius 2 is 1.44 bits per heavy atom. The lowest BCUT2D eigenvalue weighted by atomic mass is 9.90. The number of hydrogen-bond donors (Lipinski definition) is 0. The van der Waals surface area contributed by atoms with Gasteiger partial charge in [0, 0.05) is 33.5 Å². The molecule has 7 aromatic rings. The zero-order valence-corrected chi connectivity index (χ0v) is 20.5. The second-order valence-electron chi connectivity index (χ2n) is 10.3. The summed E-state index contributed by atoms with van der Waals surface area (Å²) in [6.07, 6.45) is 1.86. The topological polar surface area (TPSA) is 43.9 Å². The zero-order valence-electron chi connectivity index (χ0n) is 20.5. The Hall–Kier alpha value is -4.44. The first-order valence-electron chi connectivity index (χ1n) is 12.3. The second-order valence-corrected chi connectivity index (χ2v) is 10.3. The van der Waals surface area contributed by atoms with Crippen LogP contribution in [0.2, 0.25) is 0 Å². The number of fused-ring (bicyclic) bond motifs is 6. The van der Waals surface area contributed by atoms with Crippen molar-refractivity contribution in [1.29, 1.82) is 0 Å². The molecule has 7 rings (SSSR count). The summed E-state index contributed by atoms with van der Waals surface area (Å²) in [5.74, 6) is 0.851. The minimum atomic E-state index is -0.145. The quantitative estimate of drug-likeness (QED) is 0.256. The van der Waals surface area contributed by atoms with E-state index in [1.807, 2.05) is 18.3 Å². The average Bonchev–Trinajstić information content (AvgIpc) is 3.47. The van der Waals surface area contributed by atoms with Crippen molar-refractivity contribution in [2.45, 2.75) is 26.2 Å². The first-order chi connectivity index (χ1) is 17.5. The molecule has 0 aliphatic carbocycles. The van der Waals surface area contributed by atoms with E-state index in [0.29, 0.717) is 0 Å². The van der Waals surface area contributed by atoms with E-state index in [1.165, 1.54) is 5.39 Å². The number of para-hydroxylation sites is 2. The largest absolute Gasteiger partial charge is 0.455 e. The normalized spacial score (nSPS) is 12.3. The first kappa shape index (κ1) is 20.9. The Labute approximate surface area is 208 Å². The van der Waals surface area contributed by atoms with E-state index in [4.69, 9.17) is 14.4 Å². The summed E-state index contributed by atoms with van der Waals surface area (Å²) >= 11 is 0. The lowest BCUT2D eigenvalue weighted by molar-refractivity contribution is 0.573. The Kier molecular flexibility index (Phi) is 4.37. The molecule has 36 heavy (non-hydrogen) atoms. The molecule has 3 heterocycles. The maximum atomic E-state index is 6.67. The molecule has 0 saturated heterocycles. The fraction of sp³-hybridized carbons (Fsp3) is 0.125. The van der Waals surface area contributed by atoms with E-state index in [1.54, 1.807) is 0 Å². The van der Waals surface area contributed by atoms with Crippen molar-refractivity contribution in [2.75, 3.05) is 0 Å². The minimum absolute atomic E-state index is 0.145. The van der Waals surface area contributed by atoms with E-state index < -0.39 is 0 Å². The van der Waals surface area contributed by atoms with Crippen molar-refractivity contribution in [3.8, 4) is 17.1 Å². The molecule has 4 heteroatoms. The molecule has 0 aliphatic heterocycles. The van der Waals surface area contributed by atoms with Crippen LogP contribution in [0.1, 0.15) is 26.5 Å². The van der Waals surface area contributed by atoms with Crippen LogP contribution in [0.15, 0.2) is 102 Å². The van der Waals surface area contributed by atoms with Crippen molar-refractivity contribution >= 4 is 43.7 Å². The second kappa shape index (κ2) is 7.53. The summed E-state index contributed by atoms with van der Waals surface area (Å²) < 4.78 is 8.91. The van der Waals surface area contributed by atoms with Crippen molar-refractivity contribution in [2.24, 2.45) is 0 Å². The summed E-state index contributed by atoms with van der Waals surface area (Å²) in [4.78, 5) is 10.00. The van der Waals surface area contributed by atoms with Gasteiger partial charge in [0.1, 0.15) is 17.0 Å². The summed E-state index contributed by atoms with van der Waals surface area (Å²) in [7, 11) is 0. The van der Waals surface area contributed by atoms with E-state index in [9.17, 15) is 0 Å². The van der Waals surface area contributed by atoms with Gasteiger partial charge in [-0.2, -0.15) is 0 Å². The van der Waals surface area contributed by atoms with Crippen LogP contribution < -0.4 is 0 Å². The van der Waals surface area contributed by atoms with Crippen LogP contribution in [-0.4, -0.2) is 14.5 Å². The van der Waals surface area contributed by atoms with Gasteiger partial charge in [0.15, 0.2) is 0 Å². The molecule has 0 bridgehead atoms. The highest BCUT2D eigenvalue weighted by atomic mass is 16.3. The average molecular weight is 468 g/mol. The summed E-state index contributed by atoms with van der Waals surface area (Å²) in [5.41, 5.74) is 6.60. The number of furan rings is 1. The highest BCUT2D eigenvalue weighted by molar-refractivity contribution is 6.17. The van der Waals surface area contributed by atoms with E-state index in [2.05, 4.69) is 104 Å². The highest BCUT2D eigenvalue weighted by Crippen LogP contribution is 2.41. The SMILES string of the molecule is CC(C)(C)c1nccc2nc(-c3cccc4c3oc3c5ccccc5ccc43)n(-c3ccccc3)c12. The number of pyridine rings is 1. The molecular formula is C32H25N3O. The highest BCUT2D eigenvalue weighted by Gasteiger charge is 2.26. The summed E-state index contributed by atoms with van der Waals surface area (Å²) in [6, 6.07) is 31.4. The molecule has 0 spiro atoms. The predicted octanol–water partition coefficient (Wildman–Crippen LogP) is 8.44. The van der Waals surface area contributed by atoms with Gasteiger partial charge in [-0.25, -0.2) is 4.98 Å². The summed E-state index contributed by atoms with van der Waals surface area (Å²) in [6.45, 7) is 6.59. The molecule has 3 aromatic heterocycles. The maximum Gasteiger partial charge on any atom is 0.149 e. The van der Waals surface area contributed by atoms with Gasteiger partial charge in [0.05, 0.1) is 22.3 Å². The van der Waals surface area contributed by atoms with Crippen LogP contribution in [0.5, 0.6) is 0 Å². The van der Waals surface area contributed by atoms with E-state index in [0.717, 1.165) is 61.1 Å². The van der Waals surface area contributed by atoms with Crippen LogP contribution in [0, 0.1) is 0 Å². The molecule has 0 aliphatic rings.